The Bertz CT molecular complexity index is 351. The molecule has 0 atom stereocenters. The van der Waals surface area contributed by atoms with Gasteiger partial charge in [0, 0.05) is 17.8 Å². The first-order valence-electron chi connectivity index (χ1n) is 4.84. The summed E-state index contributed by atoms with van der Waals surface area (Å²) in [6.07, 6.45) is 0. The van der Waals surface area contributed by atoms with Crippen LogP contribution in [-0.4, -0.2) is 13.0 Å². The molecule has 3 nitrogen and oxygen atoms in total. The van der Waals surface area contributed by atoms with Crippen LogP contribution in [0, 0.1) is 6.92 Å². The van der Waals surface area contributed by atoms with E-state index >= 15 is 0 Å². The van der Waals surface area contributed by atoms with Gasteiger partial charge in [-0.2, -0.15) is 0 Å². The highest BCUT2D eigenvalue weighted by atomic mass is 35.5. The van der Waals surface area contributed by atoms with Crippen molar-refractivity contribution < 1.29 is 4.79 Å². The molecule has 0 heterocycles. The molecule has 15 heavy (non-hydrogen) atoms. The molecule has 0 spiro atoms. The summed E-state index contributed by atoms with van der Waals surface area (Å²) in [5.41, 5.74) is 7.42. The Kier molecular flexibility index (Phi) is 5.79. The third-order valence-electron chi connectivity index (χ3n) is 1.82. The zero-order valence-electron chi connectivity index (χ0n) is 9.52. The van der Waals surface area contributed by atoms with Gasteiger partial charge in [0.1, 0.15) is 0 Å². The fourth-order valence-corrected chi connectivity index (χ4v) is 1.35. The lowest BCUT2D eigenvalue weighted by Crippen LogP contribution is -2.19. The van der Waals surface area contributed by atoms with Crippen LogP contribution in [-0.2, 0) is 0 Å². The van der Waals surface area contributed by atoms with E-state index in [0.29, 0.717) is 16.3 Å². The van der Waals surface area contributed by atoms with Crippen molar-refractivity contribution in [2.45, 2.75) is 20.8 Å². The predicted octanol–water partition coefficient (Wildman–Crippen LogP) is 2.62. The first-order valence-corrected chi connectivity index (χ1v) is 5.21. The largest absolute Gasteiger partial charge is 0.398 e. The van der Waals surface area contributed by atoms with Gasteiger partial charge in [-0.15, -0.1) is 0 Å². The van der Waals surface area contributed by atoms with Crippen molar-refractivity contribution in [3.05, 3.63) is 28.3 Å². The van der Waals surface area contributed by atoms with E-state index in [4.69, 9.17) is 17.3 Å². The molecule has 0 bridgehead atoms. The molecule has 0 aliphatic carbocycles. The average Bonchev–Trinajstić information content (AvgIpc) is 2.25. The minimum atomic E-state index is -0.219. The first kappa shape index (κ1) is 13.8. The third kappa shape index (κ3) is 3.44. The van der Waals surface area contributed by atoms with E-state index in [-0.39, 0.29) is 5.91 Å². The molecule has 0 aliphatic heterocycles. The molecule has 1 rings (SSSR count). The normalized spacial score (nSPS) is 8.87. The summed E-state index contributed by atoms with van der Waals surface area (Å²) in [6, 6.07) is 3.28. The molecule has 0 fully saturated rings. The number of aryl methyl sites for hydroxylation is 1. The molecule has 3 N–H and O–H groups in total. The van der Waals surface area contributed by atoms with Crippen molar-refractivity contribution in [3.8, 4) is 0 Å². The molecule has 1 aromatic rings. The molecule has 0 aliphatic rings. The number of carbonyl (C=O) groups is 1. The second kappa shape index (κ2) is 6.30. The highest BCUT2D eigenvalue weighted by Gasteiger charge is 2.10. The predicted molar refractivity (Wildman–Crippen MR) is 65.3 cm³/mol. The number of carbonyl (C=O) groups excluding carboxylic acids is 1. The topological polar surface area (TPSA) is 55.1 Å². The summed E-state index contributed by atoms with van der Waals surface area (Å²) in [6.45, 7) is 5.81. The van der Waals surface area contributed by atoms with Gasteiger partial charge in [0.05, 0.1) is 5.56 Å². The lowest BCUT2D eigenvalue weighted by molar-refractivity contribution is 0.0964. The number of anilines is 1. The van der Waals surface area contributed by atoms with Crippen molar-refractivity contribution in [3.63, 3.8) is 0 Å². The Balaban J connectivity index is 0.000000921. The zero-order valence-corrected chi connectivity index (χ0v) is 10.3. The van der Waals surface area contributed by atoms with Gasteiger partial charge >= 0.3 is 0 Å². The Morgan fingerprint density at radius 1 is 1.40 bits per heavy atom. The third-order valence-corrected chi connectivity index (χ3v) is 2.04. The molecule has 1 aromatic carbocycles. The van der Waals surface area contributed by atoms with Crippen molar-refractivity contribution >= 4 is 23.2 Å². The second-order valence-corrected chi connectivity index (χ2v) is 3.20. The molecular weight excluding hydrogens is 212 g/mol. The fraction of sp³-hybridized carbons (Fsp3) is 0.364. The number of nitrogens with one attached hydrogen (secondary N) is 1. The van der Waals surface area contributed by atoms with E-state index in [1.807, 2.05) is 20.8 Å². The van der Waals surface area contributed by atoms with Crippen LogP contribution in [0.25, 0.3) is 0 Å². The maximum atomic E-state index is 11.3. The van der Waals surface area contributed by atoms with Gasteiger partial charge in [0.2, 0.25) is 0 Å². The molecule has 0 radical (unpaired) electrons. The summed E-state index contributed by atoms with van der Waals surface area (Å²) in [5, 5.41) is 3.02. The lowest BCUT2D eigenvalue weighted by atomic mass is 10.1. The van der Waals surface area contributed by atoms with E-state index in [1.165, 1.54) is 0 Å². The van der Waals surface area contributed by atoms with Crippen molar-refractivity contribution in [1.82, 2.24) is 5.32 Å². The smallest absolute Gasteiger partial charge is 0.253 e. The summed E-state index contributed by atoms with van der Waals surface area (Å²) in [7, 11) is 1.55. The summed E-state index contributed by atoms with van der Waals surface area (Å²) in [5.74, 6) is -0.219. The molecule has 0 saturated carbocycles. The number of halogens is 1. The van der Waals surface area contributed by atoms with E-state index in [1.54, 1.807) is 19.2 Å². The Labute approximate surface area is 95.6 Å². The van der Waals surface area contributed by atoms with Crippen LogP contribution in [0.5, 0.6) is 0 Å². The van der Waals surface area contributed by atoms with Gasteiger partial charge in [-0.05, 0) is 24.6 Å². The maximum Gasteiger partial charge on any atom is 0.253 e. The zero-order chi connectivity index (χ0) is 12.0. The van der Waals surface area contributed by atoms with Crippen LogP contribution in [0.4, 0.5) is 5.69 Å². The number of hydrogen-bond donors (Lipinski definition) is 2. The molecule has 84 valence electrons. The summed E-state index contributed by atoms with van der Waals surface area (Å²) >= 11 is 5.79. The Morgan fingerprint density at radius 3 is 2.40 bits per heavy atom. The number of rotatable bonds is 1. The SMILES string of the molecule is CC.CNC(=O)c1cc(Cl)cc(C)c1N. The van der Waals surface area contributed by atoms with Crippen molar-refractivity contribution in [1.29, 1.82) is 0 Å². The molecule has 0 aromatic heterocycles. The number of hydrogen-bond acceptors (Lipinski definition) is 2. The maximum absolute atomic E-state index is 11.3. The molecule has 0 saturated heterocycles. The van der Waals surface area contributed by atoms with Crippen LogP contribution < -0.4 is 11.1 Å². The quantitative estimate of drug-likeness (QED) is 0.726. The summed E-state index contributed by atoms with van der Waals surface area (Å²) < 4.78 is 0. The highest BCUT2D eigenvalue weighted by molar-refractivity contribution is 6.31. The number of nitrogens with two attached hydrogens (primary N) is 1. The van der Waals surface area contributed by atoms with Gasteiger partial charge in [-0.3, -0.25) is 4.79 Å². The molecular formula is C11H17ClN2O. The monoisotopic (exact) mass is 228 g/mol. The van der Waals surface area contributed by atoms with Crippen LogP contribution in [0.1, 0.15) is 29.8 Å². The minimum absolute atomic E-state index is 0.219. The standard InChI is InChI=1S/C9H11ClN2O.C2H6/c1-5-3-6(10)4-7(8(5)11)9(13)12-2;1-2/h3-4H,11H2,1-2H3,(H,12,13);1-2H3. The van der Waals surface area contributed by atoms with Gasteiger partial charge < -0.3 is 11.1 Å². The Morgan fingerprint density at radius 2 is 1.93 bits per heavy atom. The Hall–Kier alpha value is -1.22. The number of amides is 1. The van der Waals surface area contributed by atoms with E-state index < -0.39 is 0 Å². The van der Waals surface area contributed by atoms with Crippen molar-refractivity contribution in [2.24, 2.45) is 0 Å². The lowest BCUT2D eigenvalue weighted by Gasteiger charge is -2.07. The summed E-state index contributed by atoms with van der Waals surface area (Å²) in [4.78, 5) is 11.3. The first-order chi connectivity index (χ1) is 7.06. The van der Waals surface area contributed by atoms with Crippen LogP contribution in [0.3, 0.4) is 0 Å². The minimum Gasteiger partial charge on any atom is -0.398 e. The molecule has 0 unspecified atom stereocenters. The average molecular weight is 229 g/mol. The van der Waals surface area contributed by atoms with E-state index in [9.17, 15) is 4.79 Å². The highest BCUT2D eigenvalue weighted by Crippen LogP contribution is 2.22. The van der Waals surface area contributed by atoms with E-state index in [2.05, 4.69) is 5.32 Å². The van der Waals surface area contributed by atoms with E-state index in [0.717, 1.165) is 5.56 Å². The fourth-order valence-electron chi connectivity index (χ4n) is 1.08. The van der Waals surface area contributed by atoms with Crippen LogP contribution in [0.2, 0.25) is 5.02 Å². The molecule has 4 heteroatoms. The number of nitrogen functional groups attached to an aromatic ring is 1. The second-order valence-electron chi connectivity index (χ2n) is 2.76. The van der Waals surface area contributed by atoms with Gasteiger partial charge in [-0.1, -0.05) is 25.4 Å². The van der Waals surface area contributed by atoms with Crippen LogP contribution in [0.15, 0.2) is 12.1 Å². The van der Waals surface area contributed by atoms with Crippen LogP contribution >= 0.6 is 11.6 Å². The van der Waals surface area contributed by atoms with Gasteiger partial charge in [-0.25, -0.2) is 0 Å². The van der Waals surface area contributed by atoms with Crippen molar-refractivity contribution in [2.75, 3.05) is 12.8 Å². The molecule has 1 amide bonds. The van der Waals surface area contributed by atoms with Gasteiger partial charge in [0.15, 0.2) is 0 Å². The van der Waals surface area contributed by atoms with Gasteiger partial charge in [0.25, 0.3) is 5.91 Å². The number of benzene rings is 1.